The standard InChI is InChI=1S/C13H9Cl2FN2S/c14-9-2-1-3-10(16)7(9)4-12-17-11-6-19-5-8(11)13(15)18-12/h1-3H,4-6H2. The number of hydrogen-bond donors (Lipinski definition) is 0. The lowest BCUT2D eigenvalue weighted by atomic mass is 10.1. The number of thioether (sulfide) groups is 1. The molecule has 0 amide bonds. The number of benzene rings is 1. The van der Waals surface area contributed by atoms with Crippen LogP contribution in [0.1, 0.15) is 22.6 Å². The normalized spacial score (nSPS) is 13.6. The third kappa shape index (κ3) is 2.57. The van der Waals surface area contributed by atoms with Gasteiger partial charge >= 0.3 is 0 Å². The van der Waals surface area contributed by atoms with Crippen molar-refractivity contribution >= 4 is 35.0 Å². The fourth-order valence-electron chi connectivity index (χ4n) is 2.00. The maximum absolute atomic E-state index is 13.7. The zero-order valence-electron chi connectivity index (χ0n) is 9.79. The highest BCUT2D eigenvalue weighted by Crippen LogP contribution is 2.33. The van der Waals surface area contributed by atoms with Crippen LogP contribution in [0, 0.1) is 5.82 Å². The molecular formula is C13H9Cl2FN2S. The Morgan fingerprint density at radius 1 is 1.21 bits per heavy atom. The van der Waals surface area contributed by atoms with Crippen molar-refractivity contribution in [2.45, 2.75) is 17.9 Å². The highest BCUT2D eigenvalue weighted by atomic mass is 35.5. The molecule has 1 aliphatic heterocycles. The van der Waals surface area contributed by atoms with Gasteiger partial charge in [-0.2, -0.15) is 11.8 Å². The van der Waals surface area contributed by atoms with Crippen LogP contribution in [0.25, 0.3) is 0 Å². The summed E-state index contributed by atoms with van der Waals surface area (Å²) in [5, 5.41) is 0.854. The maximum atomic E-state index is 13.7. The molecule has 1 aromatic heterocycles. The summed E-state index contributed by atoms with van der Waals surface area (Å²) in [6, 6.07) is 4.62. The topological polar surface area (TPSA) is 25.8 Å². The van der Waals surface area contributed by atoms with Crippen LogP contribution in [0.15, 0.2) is 18.2 Å². The average Bonchev–Trinajstić information content (AvgIpc) is 2.83. The first kappa shape index (κ1) is 13.2. The molecule has 19 heavy (non-hydrogen) atoms. The third-order valence-corrected chi connectivity index (χ3v) is 4.61. The molecule has 0 saturated heterocycles. The van der Waals surface area contributed by atoms with E-state index in [0.29, 0.717) is 21.6 Å². The van der Waals surface area contributed by atoms with E-state index in [4.69, 9.17) is 23.2 Å². The Labute approximate surface area is 124 Å². The highest BCUT2D eigenvalue weighted by Gasteiger charge is 2.19. The third-order valence-electron chi connectivity index (χ3n) is 2.97. The quantitative estimate of drug-likeness (QED) is 0.775. The van der Waals surface area contributed by atoms with Gasteiger partial charge in [-0.1, -0.05) is 29.3 Å². The molecule has 98 valence electrons. The van der Waals surface area contributed by atoms with Gasteiger partial charge < -0.3 is 0 Å². The summed E-state index contributed by atoms with van der Waals surface area (Å²) in [4.78, 5) is 8.69. The van der Waals surface area contributed by atoms with Crippen molar-refractivity contribution in [1.29, 1.82) is 0 Å². The molecule has 1 aromatic carbocycles. The fourth-order valence-corrected chi connectivity index (χ4v) is 3.62. The lowest BCUT2D eigenvalue weighted by Crippen LogP contribution is -2.04. The van der Waals surface area contributed by atoms with E-state index in [-0.39, 0.29) is 12.2 Å². The van der Waals surface area contributed by atoms with Crippen molar-refractivity contribution in [3.05, 3.63) is 56.8 Å². The van der Waals surface area contributed by atoms with Gasteiger partial charge in [0.1, 0.15) is 16.8 Å². The van der Waals surface area contributed by atoms with Crippen molar-refractivity contribution < 1.29 is 4.39 Å². The number of rotatable bonds is 2. The molecule has 6 heteroatoms. The van der Waals surface area contributed by atoms with Crippen LogP contribution in [0.3, 0.4) is 0 Å². The summed E-state index contributed by atoms with van der Waals surface area (Å²) in [5.41, 5.74) is 2.35. The average molecular weight is 315 g/mol. The van der Waals surface area contributed by atoms with E-state index in [9.17, 15) is 4.39 Å². The minimum atomic E-state index is -0.345. The molecule has 0 fully saturated rings. The van der Waals surface area contributed by atoms with Gasteiger partial charge in [0.15, 0.2) is 0 Å². The molecule has 2 heterocycles. The Bertz CT molecular complexity index is 629. The summed E-state index contributed by atoms with van der Waals surface area (Å²) < 4.78 is 13.7. The first-order valence-electron chi connectivity index (χ1n) is 5.70. The maximum Gasteiger partial charge on any atom is 0.137 e. The van der Waals surface area contributed by atoms with Crippen molar-refractivity contribution in [3.8, 4) is 0 Å². The minimum Gasteiger partial charge on any atom is -0.236 e. The Kier molecular flexibility index (Phi) is 3.65. The fraction of sp³-hybridized carbons (Fsp3) is 0.231. The van der Waals surface area contributed by atoms with E-state index in [2.05, 4.69) is 9.97 Å². The lowest BCUT2D eigenvalue weighted by molar-refractivity contribution is 0.612. The Morgan fingerprint density at radius 2 is 2.05 bits per heavy atom. The summed E-state index contributed by atoms with van der Waals surface area (Å²) >= 11 is 13.9. The second kappa shape index (κ2) is 5.27. The number of hydrogen-bond acceptors (Lipinski definition) is 3. The summed E-state index contributed by atoms with van der Waals surface area (Å²) in [7, 11) is 0. The number of nitrogens with zero attached hydrogens (tertiary/aromatic N) is 2. The van der Waals surface area contributed by atoms with Gasteiger partial charge in [-0.15, -0.1) is 0 Å². The molecule has 2 nitrogen and oxygen atoms in total. The molecule has 0 saturated carbocycles. The summed E-state index contributed by atoms with van der Waals surface area (Å²) in [6.45, 7) is 0. The van der Waals surface area contributed by atoms with Crippen molar-refractivity contribution in [2.24, 2.45) is 0 Å². The Morgan fingerprint density at radius 3 is 2.84 bits per heavy atom. The van der Waals surface area contributed by atoms with Gasteiger partial charge in [0, 0.05) is 34.1 Å². The van der Waals surface area contributed by atoms with Gasteiger partial charge in [-0.05, 0) is 12.1 Å². The molecule has 2 aromatic rings. The SMILES string of the molecule is Fc1cccc(Cl)c1Cc1nc(Cl)c2c(n1)CSC2. The number of halogens is 3. The number of fused-ring (bicyclic) bond motifs is 1. The van der Waals surface area contributed by atoms with E-state index in [1.54, 1.807) is 23.9 Å². The van der Waals surface area contributed by atoms with Crippen LogP contribution >= 0.6 is 35.0 Å². The predicted molar refractivity (Wildman–Crippen MR) is 76.3 cm³/mol. The minimum absolute atomic E-state index is 0.253. The van der Waals surface area contributed by atoms with Gasteiger partial charge in [0.2, 0.25) is 0 Å². The van der Waals surface area contributed by atoms with Crippen LogP contribution < -0.4 is 0 Å². The van der Waals surface area contributed by atoms with Crippen LogP contribution in [0.2, 0.25) is 10.2 Å². The van der Waals surface area contributed by atoms with Crippen molar-refractivity contribution in [2.75, 3.05) is 0 Å². The number of aromatic nitrogens is 2. The summed E-state index contributed by atoms with van der Waals surface area (Å²) in [5.74, 6) is 1.84. The zero-order valence-corrected chi connectivity index (χ0v) is 12.1. The molecular weight excluding hydrogens is 306 g/mol. The molecule has 1 aliphatic rings. The molecule has 0 unspecified atom stereocenters. The van der Waals surface area contributed by atoms with Crippen molar-refractivity contribution in [1.82, 2.24) is 9.97 Å². The molecule has 0 bridgehead atoms. The van der Waals surface area contributed by atoms with Crippen LogP contribution in [0.4, 0.5) is 4.39 Å². The molecule has 3 rings (SSSR count). The second-order valence-corrected chi connectivity index (χ2v) is 5.98. The molecule has 0 aliphatic carbocycles. The van der Waals surface area contributed by atoms with Gasteiger partial charge in [0.05, 0.1) is 5.69 Å². The van der Waals surface area contributed by atoms with Crippen LogP contribution in [0.5, 0.6) is 0 Å². The molecule has 0 N–H and O–H groups in total. The van der Waals surface area contributed by atoms with Crippen LogP contribution in [-0.4, -0.2) is 9.97 Å². The highest BCUT2D eigenvalue weighted by molar-refractivity contribution is 7.98. The van der Waals surface area contributed by atoms with E-state index in [0.717, 1.165) is 22.8 Å². The largest absolute Gasteiger partial charge is 0.236 e. The molecule has 0 radical (unpaired) electrons. The monoisotopic (exact) mass is 314 g/mol. The van der Waals surface area contributed by atoms with Gasteiger partial charge in [-0.25, -0.2) is 14.4 Å². The first-order chi connectivity index (χ1) is 9.15. The second-order valence-electron chi connectivity index (χ2n) is 4.23. The van der Waals surface area contributed by atoms with Gasteiger partial charge in [0.25, 0.3) is 0 Å². The van der Waals surface area contributed by atoms with E-state index < -0.39 is 0 Å². The Balaban J connectivity index is 1.98. The zero-order chi connectivity index (χ0) is 13.4. The van der Waals surface area contributed by atoms with Crippen molar-refractivity contribution in [3.63, 3.8) is 0 Å². The van der Waals surface area contributed by atoms with Gasteiger partial charge in [-0.3, -0.25) is 0 Å². The summed E-state index contributed by atoms with van der Waals surface area (Å²) in [6.07, 6.45) is 0.253. The molecule has 0 atom stereocenters. The smallest absolute Gasteiger partial charge is 0.137 e. The predicted octanol–water partition coefficient (Wildman–Crippen LogP) is 4.26. The molecule has 0 spiro atoms. The Hall–Kier alpha value is -0.840. The first-order valence-corrected chi connectivity index (χ1v) is 7.61. The van der Waals surface area contributed by atoms with Crippen LogP contribution in [-0.2, 0) is 17.9 Å². The van der Waals surface area contributed by atoms with E-state index in [1.807, 2.05) is 0 Å². The van der Waals surface area contributed by atoms with E-state index >= 15 is 0 Å². The van der Waals surface area contributed by atoms with E-state index in [1.165, 1.54) is 6.07 Å². The lowest BCUT2D eigenvalue weighted by Gasteiger charge is -2.07.